The molecule has 0 atom stereocenters. The van der Waals surface area contributed by atoms with E-state index in [9.17, 15) is 4.79 Å². The molecule has 1 fully saturated rings. The van der Waals surface area contributed by atoms with Gasteiger partial charge in [-0.15, -0.1) is 0 Å². The van der Waals surface area contributed by atoms with Crippen molar-refractivity contribution in [2.24, 2.45) is 0 Å². The minimum atomic E-state index is -0.945. The molecule has 1 heterocycles. The number of carbonyl (C=O) groups is 1. The Balaban J connectivity index is 2.33. The first-order chi connectivity index (χ1) is 7.53. The predicted molar refractivity (Wildman–Crippen MR) is 60.7 cm³/mol. The van der Waals surface area contributed by atoms with Crippen molar-refractivity contribution >= 4 is 5.97 Å². The molecule has 0 aromatic carbocycles. The van der Waals surface area contributed by atoms with E-state index in [1.807, 2.05) is 0 Å². The third-order valence-corrected chi connectivity index (χ3v) is 3.62. The summed E-state index contributed by atoms with van der Waals surface area (Å²) in [5, 5.41) is 8.98. The summed E-state index contributed by atoms with van der Waals surface area (Å²) in [5.74, 6) is -0.0958. The molecule has 2 rings (SSSR count). The Morgan fingerprint density at radius 1 is 1.38 bits per heavy atom. The van der Waals surface area contributed by atoms with Gasteiger partial charge >= 0.3 is 5.97 Å². The summed E-state index contributed by atoms with van der Waals surface area (Å²) in [7, 11) is 0. The summed E-state index contributed by atoms with van der Waals surface area (Å²) < 4.78 is 0. The van der Waals surface area contributed by atoms with Gasteiger partial charge < -0.3 is 10.1 Å². The highest BCUT2D eigenvalue weighted by atomic mass is 16.4. The first-order valence-corrected chi connectivity index (χ1v) is 5.83. The van der Waals surface area contributed by atoms with Crippen molar-refractivity contribution in [1.82, 2.24) is 9.97 Å². The zero-order valence-electron chi connectivity index (χ0n) is 9.84. The van der Waals surface area contributed by atoms with Gasteiger partial charge in [0, 0.05) is 11.1 Å². The van der Waals surface area contributed by atoms with Crippen molar-refractivity contribution in [3.05, 3.63) is 17.2 Å². The number of aromatic carboxylic acids is 1. The van der Waals surface area contributed by atoms with Gasteiger partial charge in [-0.2, -0.15) is 0 Å². The summed E-state index contributed by atoms with van der Waals surface area (Å²) in [4.78, 5) is 18.3. The van der Waals surface area contributed by atoms with Gasteiger partial charge in [-0.05, 0) is 19.8 Å². The minimum absolute atomic E-state index is 0.0384. The molecule has 1 aliphatic carbocycles. The van der Waals surface area contributed by atoms with E-state index in [0.717, 1.165) is 18.7 Å². The number of aromatic amines is 1. The molecule has 1 saturated carbocycles. The van der Waals surface area contributed by atoms with Crippen LogP contribution in [-0.2, 0) is 5.41 Å². The van der Waals surface area contributed by atoms with Gasteiger partial charge in [-0.3, -0.25) is 0 Å². The van der Waals surface area contributed by atoms with Gasteiger partial charge in [0.2, 0.25) is 0 Å². The largest absolute Gasteiger partial charge is 0.476 e. The quantitative estimate of drug-likeness (QED) is 0.808. The van der Waals surface area contributed by atoms with E-state index in [1.165, 1.54) is 19.3 Å². The molecule has 0 saturated heterocycles. The number of H-pyrrole nitrogens is 1. The fourth-order valence-corrected chi connectivity index (χ4v) is 2.52. The van der Waals surface area contributed by atoms with Gasteiger partial charge in [0.25, 0.3) is 0 Å². The molecule has 1 aliphatic rings. The van der Waals surface area contributed by atoms with Crippen LogP contribution in [0.15, 0.2) is 0 Å². The van der Waals surface area contributed by atoms with Crippen molar-refractivity contribution < 1.29 is 9.90 Å². The lowest BCUT2D eigenvalue weighted by Crippen LogP contribution is -2.26. The van der Waals surface area contributed by atoms with Crippen LogP contribution in [0.4, 0.5) is 0 Å². The molecular formula is C12H18N2O2. The second-order valence-corrected chi connectivity index (χ2v) is 4.99. The summed E-state index contributed by atoms with van der Waals surface area (Å²) in [6, 6.07) is 0. The van der Waals surface area contributed by atoms with Crippen LogP contribution in [0.3, 0.4) is 0 Å². The normalized spacial score (nSPS) is 19.6. The number of hydrogen-bond acceptors (Lipinski definition) is 2. The number of imidazole rings is 1. The van der Waals surface area contributed by atoms with Crippen molar-refractivity contribution in [1.29, 1.82) is 0 Å². The Hall–Kier alpha value is -1.32. The summed E-state index contributed by atoms with van der Waals surface area (Å²) in [6.45, 7) is 3.95. The standard InChI is InChI=1S/C12H18N2O2/c1-8-9(10(15)16)14-11(13-8)12(2)6-4-3-5-7-12/h3-7H2,1-2H3,(H,13,14)(H,15,16). The lowest BCUT2D eigenvalue weighted by molar-refractivity contribution is 0.0690. The smallest absolute Gasteiger partial charge is 0.356 e. The van der Waals surface area contributed by atoms with Gasteiger partial charge in [-0.1, -0.05) is 26.2 Å². The average Bonchev–Trinajstić information content (AvgIpc) is 2.62. The highest BCUT2D eigenvalue weighted by Crippen LogP contribution is 2.37. The molecule has 0 bridgehead atoms. The van der Waals surface area contributed by atoms with Crippen LogP contribution < -0.4 is 0 Å². The second kappa shape index (κ2) is 3.92. The number of carboxylic acid groups (broad SMARTS) is 1. The molecule has 0 amide bonds. The molecule has 4 nitrogen and oxygen atoms in total. The molecule has 0 unspecified atom stereocenters. The van der Waals surface area contributed by atoms with E-state index in [1.54, 1.807) is 6.92 Å². The predicted octanol–water partition coefficient (Wildman–Crippen LogP) is 2.64. The maximum absolute atomic E-state index is 10.9. The molecule has 0 spiro atoms. The number of rotatable bonds is 2. The number of hydrogen-bond donors (Lipinski definition) is 2. The third-order valence-electron chi connectivity index (χ3n) is 3.62. The van der Waals surface area contributed by atoms with E-state index in [-0.39, 0.29) is 11.1 Å². The maximum atomic E-state index is 10.9. The van der Waals surface area contributed by atoms with Crippen LogP contribution in [0.5, 0.6) is 0 Å². The molecule has 2 N–H and O–H groups in total. The van der Waals surface area contributed by atoms with Crippen LogP contribution in [0.2, 0.25) is 0 Å². The number of nitrogens with one attached hydrogen (secondary N) is 1. The molecule has 88 valence electrons. The fraction of sp³-hybridized carbons (Fsp3) is 0.667. The molecule has 1 aromatic rings. The Kier molecular flexibility index (Phi) is 2.74. The van der Waals surface area contributed by atoms with Crippen molar-refractivity contribution in [3.8, 4) is 0 Å². The van der Waals surface area contributed by atoms with E-state index < -0.39 is 5.97 Å². The van der Waals surface area contributed by atoms with Gasteiger partial charge in [0.15, 0.2) is 5.69 Å². The molecule has 0 radical (unpaired) electrons. The zero-order valence-corrected chi connectivity index (χ0v) is 9.84. The van der Waals surface area contributed by atoms with Crippen LogP contribution in [0.25, 0.3) is 0 Å². The van der Waals surface area contributed by atoms with Crippen LogP contribution in [0, 0.1) is 6.92 Å². The van der Waals surface area contributed by atoms with E-state index in [0.29, 0.717) is 5.69 Å². The summed E-state index contributed by atoms with van der Waals surface area (Å²) in [6.07, 6.45) is 5.89. The Bertz CT molecular complexity index is 403. The number of aromatic nitrogens is 2. The lowest BCUT2D eigenvalue weighted by Gasteiger charge is -2.31. The van der Waals surface area contributed by atoms with Gasteiger partial charge in [0.05, 0.1) is 0 Å². The van der Waals surface area contributed by atoms with Crippen LogP contribution >= 0.6 is 0 Å². The molecule has 1 aromatic heterocycles. The molecule has 16 heavy (non-hydrogen) atoms. The van der Waals surface area contributed by atoms with E-state index >= 15 is 0 Å². The van der Waals surface area contributed by atoms with E-state index in [2.05, 4.69) is 16.9 Å². The van der Waals surface area contributed by atoms with Crippen molar-refractivity contribution in [2.45, 2.75) is 51.4 Å². The average molecular weight is 222 g/mol. The Labute approximate surface area is 95.1 Å². The highest BCUT2D eigenvalue weighted by molar-refractivity contribution is 5.86. The van der Waals surface area contributed by atoms with Crippen LogP contribution in [0.1, 0.15) is 61.0 Å². The molecule has 0 aliphatic heterocycles. The van der Waals surface area contributed by atoms with Gasteiger partial charge in [-0.25, -0.2) is 9.78 Å². The third kappa shape index (κ3) is 1.84. The molecule has 4 heteroatoms. The Morgan fingerprint density at radius 3 is 2.50 bits per heavy atom. The molecular weight excluding hydrogens is 204 g/mol. The summed E-state index contributed by atoms with van der Waals surface area (Å²) >= 11 is 0. The van der Waals surface area contributed by atoms with Crippen LogP contribution in [-0.4, -0.2) is 21.0 Å². The van der Waals surface area contributed by atoms with Crippen molar-refractivity contribution in [2.75, 3.05) is 0 Å². The fourth-order valence-electron chi connectivity index (χ4n) is 2.52. The second-order valence-electron chi connectivity index (χ2n) is 4.99. The Morgan fingerprint density at radius 2 is 2.00 bits per heavy atom. The number of aryl methyl sites for hydroxylation is 1. The summed E-state index contributed by atoms with van der Waals surface area (Å²) in [5.41, 5.74) is 0.868. The van der Waals surface area contributed by atoms with E-state index in [4.69, 9.17) is 5.11 Å². The minimum Gasteiger partial charge on any atom is -0.476 e. The SMILES string of the molecule is Cc1[nH]c(C2(C)CCCCC2)nc1C(=O)O. The number of carboxylic acids is 1. The van der Waals surface area contributed by atoms with Gasteiger partial charge in [0.1, 0.15) is 5.82 Å². The first-order valence-electron chi connectivity index (χ1n) is 5.83. The van der Waals surface area contributed by atoms with Crippen molar-refractivity contribution in [3.63, 3.8) is 0 Å². The monoisotopic (exact) mass is 222 g/mol. The first kappa shape index (κ1) is 11.2. The lowest BCUT2D eigenvalue weighted by atomic mass is 9.75. The maximum Gasteiger partial charge on any atom is 0.356 e. The number of nitrogens with zero attached hydrogens (tertiary/aromatic N) is 1. The highest BCUT2D eigenvalue weighted by Gasteiger charge is 2.32. The topological polar surface area (TPSA) is 66.0 Å². The zero-order chi connectivity index (χ0) is 11.8.